The average Bonchev–Trinajstić information content (AvgIpc) is 3.10. The van der Waals surface area contributed by atoms with Gasteiger partial charge in [-0.25, -0.2) is 9.59 Å². The van der Waals surface area contributed by atoms with Crippen molar-refractivity contribution < 1.29 is 23.9 Å². The van der Waals surface area contributed by atoms with E-state index in [1.165, 1.54) is 0 Å². The zero-order valence-electron chi connectivity index (χ0n) is 21.0. The van der Waals surface area contributed by atoms with Gasteiger partial charge in [0, 0.05) is 36.6 Å². The molecule has 188 valence electrons. The van der Waals surface area contributed by atoms with E-state index in [2.05, 4.69) is 20.9 Å². The topological polar surface area (TPSA) is 122 Å². The lowest BCUT2D eigenvalue weighted by Crippen LogP contribution is -2.49. The van der Waals surface area contributed by atoms with Gasteiger partial charge in [0.05, 0.1) is 0 Å². The predicted molar refractivity (Wildman–Crippen MR) is 132 cm³/mol. The highest BCUT2D eigenvalue weighted by atomic mass is 16.6. The van der Waals surface area contributed by atoms with Crippen LogP contribution >= 0.6 is 0 Å². The van der Waals surface area contributed by atoms with Crippen LogP contribution in [0.4, 0.5) is 9.59 Å². The Balaban J connectivity index is 1.90. The van der Waals surface area contributed by atoms with Gasteiger partial charge in [-0.05, 0) is 66.0 Å². The van der Waals surface area contributed by atoms with Gasteiger partial charge in [-0.3, -0.25) is 4.79 Å². The Morgan fingerprint density at radius 3 is 2.12 bits per heavy atom. The molecule has 3 amide bonds. The van der Waals surface area contributed by atoms with Crippen molar-refractivity contribution in [3.05, 3.63) is 36.0 Å². The van der Waals surface area contributed by atoms with Crippen LogP contribution in [0.1, 0.15) is 59.9 Å². The SMILES string of the molecule is CC(C)(C)OC(=O)NCCCCNC(=O)C(Cc1c[nH]c2ccccc12)NC(=O)OC(C)(C)C. The van der Waals surface area contributed by atoms with E-state index in [9.17, 15) is 14.4 Å². The lowest BCUT2D eigenvalue weighted by Gasteiger charge is -2.23. The molecule has 9 heteroatoms. The molecule has 2 rings (SSSR count). The summed E-state index contributed by atoms with van der Waals surface area (Å²) in [7, 11) is 0. The van der Waals surface area contributed by atoms with E-state index in [1.54, 1.807) is 41.5 Å². The van der Waals surface area contributed by atoms with Gasteiger partial charge in [-0.1, -0.05) is 18.2 Å². The minimum absolute atomic E-state index is 0.295. The number of benzene rings is 1. The fraction of sp³-hybridized carbons (Fsp3) is 0.560. The first-order valence-electron chi connectivity index (χ1n) is 11.6. The Kier molecular flexibility index (Phi) is 9.35. The van der Waals surface area contributed by atoms with Gasteiger partial charge in [0.25, 0.3) is 0 Å². The van der Waals surface area contributed by atoms with Gasteiger partial charge in [-0.2, -0.15) is 0 Å². The van der Waals surface area contributed by atoms with Crippen LogP contribution in [-0.2, 0) is 20.7 Å². The number of amides is 3. The van der Waals surface area contributed by atoms with Gasteiger partial charge >= 0.3 is 12.2 Å². The molecular weight excluding hydrogens is 436 g/mol. The molecule has 0 aliphatic rings. The fourth-order valence-corrected chi connectivity index (χ4v) is 3.27. The molecule has 0 fully saturated rings. The van der Waals surface area contributed by atoms with Crippen LogP contribution in [0.25, 0.3) is 10.9 Å². The minimum atomic E-state index is -0.797. The Morgan fingerprint density at radius 1 is 0.882 bits per heavy atom. The van der Waals surface area contributed by atoms with Crippen LogP contribution in [0.15, 0.2) is 30.5 Å². The maximum Gasteiger partial charge on any atom is 0.408 e. The van der Waals surface area contributed by atoms with Crippen molar-refractivity contribution in [2.45, 2.75) is 78.0 Å². The number of nitrogens with one attached hydrogen (secondary N) is 4. The Bertz CT molecular complexity index is 972. The molecule has 1 unspecified atom stereocenters. The summed E-state index contributed by atoms with van der Waals surface area (Å²) in [5.74, 6) is -0.295. The number of aromatic amines is 1. The number of aromatic nitrogens is 1. The summed E-state index contributed by atoms with van der Waals surface area (Å²) in [5, 5.41) is 9.27. The number of carbonyl (C=O) groups excluding carboxylic acids is 3. The number of hydrogen-bond donors (Lipinski definition) is 4. The molecule has 34 heavy (non-hydrogen) atoms. The van der Waals surface area contributed by atoms with Crippen molar-refractivity contribution in [1.82, 2.24) is 20.9 Å². The van der Waals surface area contributed by atoms with Gasteiger partial charge < -0.3 is 30.4 Å². The number of H-pyrrole nitrogens is 1. The van der Waals surface area contributed by atoms with Crippen LogP contribution in [0, 0.1) is 0 Å². The monoisotopic (exact) mass is 474 g/mol. The number of ether oxygens (including phenoxy) is 2. The second-order valence-corrected chi connectivity index (χ2v) is 10.2. The molecule has 0 aliphatic heterocycles. The zero-order valence-corrected chi connectivity index (χ0v) is 21.0. The number of unbranched alkanes of at least 4 members (excludes halogenated alkanes) is 1. The molecule has 0 aliphatic carbocycles. The summed E-state index contributed by atoms with van der Waals surface area (Å²) in [4.78, 5) is 40.2. The normalized spacial score (nSPS) is 12.6. The van der Waals surface area contributed by atoms with Crippen molar-refractivity contribution in [3.8, 4) is 0 Å². The molecule has 0 saturated heterocycles. The molecule has 1 heterocycles. The maximum atomic E-state index is 12.9. The Morgan fingerprint density at radius 2 is 1.47 bits per heavy atom. The van der Waals surface area contributed by atoms with E-state index in [-0.39, 0.29) is 5.91 Å². The summed E-state index contributed by atoms with van der Waals surface area (Å²) >= 11 is 0. The number of hydrogen-bond acceptors (Lipinski definition) is 5. The van der Waals surface area contributed by atoms with Crippen molar-refractivity contribution in [1.29, 1.82) is 0 Å². The number of alkyl carbamates (subject to hydrolysis) is 2. The Hall–Kier alpha value is -3.23. The van der Waals surface area contributed by atoms with E-state index < -0.39 is 29.4 Å². The van der Waals surface area contributed by atoms with E-state index >= 15 is 0 Å². The lowest BCUT2D eigenvalue weighted by atomic mass is 10.0. The number of rotatable bonds is 9. The van der Waals surface area contributed by atoms with E-state index in [0.29, 0.717) is 32.4 Å². The summed E-state index contributed by atoms with van der Waals surface area (Å²) in [6.07, 6.45) is 2.39. The molecular formula is C25H38N4O5. The van der Waals surface area contributed by atoms with E-state index in [4.69, 9.17) is 9.47 Å². The Labute approximate surface area is 201 Å². The van der Waals surface area contributed by atoms with Crippen LogP contribution in [-0.4, -0.2) is 53.4 Å². The third kappa shape index (κ3) is 9.72. The molecule has 4 N–H and O–H groups in total. The fourth-order valence-electron chi connectivity index (χ4n) is 3.27. The smallest absolute Gasteiger partial charge is 0.408 e. The highest BCUT2D eigenvalue weighted by molar-refractivity contribution is 5.88. The van der Waals surface area contributed by atoms with E-state index in [0.717, 1.165) is 16.5 Å². The minimum Gasteiger partial charge on any atom is -0.444 e. The summed E-state index contributed by atoms with van der Waals surface area (Å²) in [6.45, 7) is 11.6. The van der Waals surface area contributed by atoms with Crippen LogP contribution in [0.5, 0.6) is 0 Å². The van der Waals surface area contributed by atoms with Crippen molar-refractivity contribution >= 4 is 29.0 Å². The van der Waals surface area contributed by atoms with E-state index in [1.807, 2.05) is 30.5 Å². The van der Waals surface area contributed by atoms with Gasteiger partial charge in [-0.15, -0.1) is 0 Å². The largest absolute Gasteiger partial charge is 0.444 e. The molecule has 0 bridgehead atoms. The summed E-state index contributed by atoms with van der Waals surface area (Å²) < 4.78 is 10.5. The van der Waals surface area contributed by atoms with Crippen LogP contribution < -0.4 is 16.0 Å². The standard InChI is InChI=1S/C25H38N4O5/c1-24(2,3)33-22(31)27-14-10-9-13-26-21(30)20(29-23(32)34-25(4,5)6)15-17-16-28-19-12-8-7-11-18(17)19/h7-8,11-12,16,20,28H,9-10,13-15H2,1-6H3,(H,26,30)(H,27,31)(H,29,32). The number of carbonyl (C=O) groups is 3. The lowest BCUT2D eigenvalue weighted by molar-refractivity contribution is -0.123. The molecule has 1 aromatic carbocycles. The number of fused-ring (bicyclic) bond motifs is 1. The average molecular weight is 475 g/mol. The first-order valence-corrected chi connectivity index (χ1v) is 11.6. The predicted octanol–water partition coefficient (Wildman–Crippen LogP) is 4.02. The third-order valence-electron chi connectivity index (χ3n) is 4.68. The zero-order chi connectivity index (χ0) is 25.4. The number of para-hydroxylation sites is 1. The molecule has 1 atom stereocenters. The van der Waals surface area contributed by atoms with Gasteiger partial charge in [0.1, 0.15) is 17.2 Å². The van der Waals surface area contributed by atoms with Crippen molar-refractivity contribution in [2.24, 2.45) is 0 Å². The van der Waals surface area contributed by atoms with Gasteiger partial charge in [0.2, 0.25) is 5.91 Å². The second-order valence-electron chi connectivity index (χ2n) is 10.2. The molecule has 1 aromatic heterocycles. The quantitative estimate of drug-likeness (QED) is 0.409. The summed E-state index contributed by atoms with van der Waals surface area (Å²) in [5.41, 5.74) is 0.672. The third-order valence-corrected chi connectivity index (χ3v) is 4.68. The molecule has 0 radical (unpaired) electrons. The molecule has 9 nitrogen and oxygen atoms in total. The maximum absolute atomic E-state index is 12.9. The van der Waals surface area contributed by atoms with Gasteiger partial charge in [0.15, 0.2) is 0 Å². The first kappa shape index (κ1) is 27.0. The highest BCUT2D eigenvalue weighted by Gasteiger charge is 2.25. The molecule has 0 spiro atoms. The summed E-state index contributed by atoms with van der Waals surface area (Å²) in [6, 6.07) is 7.00. The van der Waals surface area contributed by atoms with Crippen molar-refractivity contribution in [3.63, 3.8) is 0 Å². The molecule has 2 aromatic rings. The van der Waals surface area contributed by atoms with Crippen LogP contribution in [0.2, 0.25) is 0 Å². The highest BCUT2D eigenvalue weighted by Crippen LogP contribution is 2.19. The first-order chi connectivity index (χ1) is 15.8. The van der Waals surface area contributed by atoms with Crippen LogP contribution in [0.3, 0.4) is 0 Å². The van der Waals surface area contributed by atoms with Crippen molar-refractivity contribution in [2.75, 3.05) is 13.1 Å². The molecule has 0 saturated carbocycles. The second kappa shape index (κ2) is 11.8.